The quantitative estimate of drug-likeness (QED) is 0.817. The molecule has 1 N–H and O–H groups in total. The van der Waals surface area contributed by atoms with Crippen LogP contribution in [0.25, 0.3) is 0 Å². The molecule has 120 valence electrons. The van der Waals surface area contributed by atoms with E-state index in [0.717, 1.165) is 59.6 Å². The van der Waals surface area contributed by atoms with E-state index in [4.69, 9.17) is 28.6 Å². The summed E-state index contributed by atoms with van der Waals surface area (Å²) in [4.78, 5) is 0. The van der Waals surface area contributed by atoms with Crippen LogP contribution in [0.3, 0.4) is 0 Å². The number of aromatic nitrogens is 1. The van der Waals surface area contributed by atoms with E-state index in [1.807, 2.05) is 18.2 Å². The molecule has 0 atom stereocenters. The van der Waals surface area contributed by atoms with Crippen LogP contribution in [0, 0.1) is 5.41 Å². The molecule has 0 spiro atoms. The van der Waals surface area contributed by atoms with E-state index in [0.29, 0.717) is 0 Å². The second-order valence-corrected chi connectivity index (χ2v) is 7.39. The van der Waals surface area contributed by atoms with Gasteiger partial charge in [-0.05, 0) is 68.2 Å². The van der Waals surface area contributed by atoms with Gasteiger partial charge in [0.1, 0.15) is 0 Å². The fourth-order valence-electron chi connectivity index (χ4n) is 4.13. The first-order chi connectivity index (χ1) is 11.2. The highest BCUT2D eigenvalue weighted by Crippen LogP contribution is 2.31. The fourth-order valence-corrected chi connectivity index (χ4v) is 4.65. The molecule has 2 nitrogen and oxygen atoms in total. The molecule has 1 aromatic heterocycles. The number of pyridine rings is 1. The zero-order valence-electron chi connectivity index (χ0n) is 13.1. The van der Waals surface area contributed by atoms with Crippen molar-refractivity contribution in [3.63, 3.8) is 0 Å². The lowest BCUT2D eigenvalue weighted by atomic mass is 9.92. The van der Waals surface area contributed by atoms with Crippen LogP contribution in [-0.2, 0) is 32.2 Å². The smallest absolute Gasteiger partial charge is 0.0638 e. The van der Waals surface area contributed by atoms with Crippen molar-refractivity contribution in [3.8, 4) is 0 Å². The maximum atomic E-state index is 8.60. The molecular weight excluding hydrogens is 327 g/mol. The molecule has 4 heteroatoms. The van der Waals surface area contributed by atoms with Crippen LogP contribution < -0.4 is 5.36 Å². The lowest BCUT2D eigenvalue weighted by Crippen LogP contribution is -2.28. The minimum Gasteiger partial charge on any atom is -0.343 e. The van der Waals surface area contributed by atoms with Crippen LogP contribution in [0.1, 0.15) is 47.3 Å². The number of hydrogen-bond donors (Lipinski definition) is 1. The fraction of sp³-hybridized carbons (Fsp3) is 0.421. The number of nitrogens with zero attached hydrogens (tertiary/aromatic N) is 1. The molecule has 1 heterocycles. The number of halogens is 2. The standard InChI is InChI=1S/C19H20Cl2N2/c20-15-7-4-8-16(21)14(15)11-23-17-9-2-1-5-12(17)19(22)13-6-3-10-18(13)23/h4,7-8,22H,1-3,5-6,9-11H2. The topological polar surface area (TPSA) is 28.8 Å². The molecule has 0 saturated carbocycles. The summed E-state index contributed by atoms with van der Waals surface area (Å²) in [6, 6.07) is 5.72. The van der Waals surface area contributed by atoms with Crippen molar-refractivity contribution in [3.05, 3.63) is 61.7 Å². The van der Waals surface area contributed by atoms with E-state index in [1.54, 1.807) is 0 Å². The maximum Gasteiger partial charge on any atom is 0.0638 e. The lowest BCUT2D eigenvalue weighted by Gasteiger charge is -2.26. The van der Waals surface area contributed by atoms with E-state index in [2.05, 4.69) is 4.57 Å². The van der Waals surface area contributed by atoms with Gasteiger partial charge in [0, 0.05) is 27.0 Å². The van der Waals surface area contributed by atoms with Crippen LogP contribution >= 0.6 is 23.2 Å². The van der Waals surface area contributed by atoms with Crippen molar-refractivity contribution in [2.24, 2.45) is 0 Å². The normalized spacial score (nSPS) is 16.3. The highest BCUT2D eigenvalue weighted by molar-refractivity contribution is 6.35. The first-order valence-corrected chi connectivity index (χ1v) is 9.16. The number of fused-ring (bicyclic) bond motifs is 2. The van der Waals surface area contributed by atoms with Crippen molar-refractivity contribution >= 4 is 23.2 Å². The molecule has 2 aliphatic rings. The molecule has 4 rings (SSSR count). The van der Waals surface area contributed by atoms with Crippen molar-refractivity contribution in [2.75, 3.05) is 0 Å². The Morgan fingerprint density at radius 3 is 2.13 bits per heavy atom. The Morgan fingerprint density at radius 1 is 0.870 bits per heavy atom. The monoisotopic (exact) mass is 346 g/mol. The maximum absolute atomic E-state index is 8.60. The molecule has 0 unspecified atom stereocenters. The van der Waals surface area contributed by atoms with Crippen molar-refractivity contribution in [1.82, 2.24) is 4.57 Å². The second kappa shape index (κ2) is 5.99. The minimum absolute atomic E-state index is 0.726. The van der Waals surface area contributed by atoms with Gasteiger partial charge in [-0.25, -0.2) is 0 Å². The summed E-state index contributed by atoms with van der Waals surface area (Å²) in [5, 5.41) is 10.9. The van der Waals surface area contributed by atoms with Crippen molar-refractivity contribution in [2.45, 2.75) is 51.5 Å². The largest absolute Gasteiger partial charge is 0.343 e. The van der Waals surface area contributed by atoms with E-state index in [9.17, 15) is 0 Å². The van der Waals surface area contributed by atoms with Gasteiger partial charge >= 0.3 is 0 Å². The van der Waals surface area contributed by atoms with Gasteiger partial charge in [0.15, 0.2) is 0 Å². The van der Waals surface area contributed by atoms with Gasteiger partial charge in [-0.3, -0.25) is 0 Å². The van der Waals surface area contributed by atoms with E-state index in [1.165, 1.54) is 35.4 Å². The summed E-state index contributed by atoms with van der Waals surface area (Å²) in [5.41, 5.74) is 6.21. The zero-order valence-corrected chi connectivity index (χ0v) is 14.6. The van der Waals surface area contributed by atoms with Crippen LogP contribution in [0.2, 0.25) is 10.0 Å². The van der Waals surface area contributed by atoms with E-state index in [-0.39, 0.29) is 0 Å². The van der Waals surface area contributed by atoms with Crippen LogP contribution in [-0.4, -0.2) is 4.57 Å². The Bertz CT molecular complexity index is 816. The van der Waals surface area contributed by atoms with Gasteiger partial charge in [-0.15, -0.1) is 0 Å². The average molecular weight is 347 g/mol. The number of nitrogens with one attached hydrogen (secondary N) is 1. The molecule has 2 aliphatic carbocycles. The third kappa shape index (κ3) is 2.53. The van der Waals surface area contributed by atoms with Gasteiger partial charge in [0.2, 0.25) is 0 Å². The third-order valence-corrected chi connectivity index (χ3v) is 5.97. The zero-order chi connectivity index (χ0) is 16.0. The molecule has 2 aromatic rings. The van der Waals surface area contributed by atoms with Crippen molar-refractivity contribution in [1.29, 1.82) is 5.41 Å². The summed E-state index contributed by atoms with van der Waals surface area (Å²) in [7, 11) is 0. The second-order valence-electron chi connectivity index (χ2n) is 6.57. The first kappa shape index (κ1) is 15.3. The summed E-state index contributed by atoms with van der Waals surface area (Å²) >= 11 is 12.8. The van der Waals surface area contributed by atoms with Gasteiger partial charge in [-0.2, -0.15) is 0 Å². The summed E-state index contributed by atoms with van der Waals surface area (Å²) in [6.07, 6.45) is 7.77. The Kier molecular flexibility index (Phi) is 3.98. The molecular formula is C19H20Cl2N2. The number of hydrogen-bond acceptors (Lipinski definition) is 1. The molecule has 0 radical (unpaired) electrons. The third-order valence-electron chi connectivity index (χ3n) is 5.26. The van der Waals surface area contributed by atoms with Crippen LogP contribution in [0.5, 0.6) is 0 Å². The Balaban J connectivity index is 1.92. The summed E-state index contributed by atoms with van der Waals surface area (Å²) in [6.45, 7) is 0.726. The van der Waals surface area contributed by atoms with Gasteiger partial charge in [0.25, 0.3) is 0 Å². The Hall–Kier alpha value is -1.25. The highest BCUT2D eigenvalue weighted by atomic mass is 35.5. The Labute approximate surface area is 146 Å². The predicted octanol–water partition coefficient (Wildman–Crippen LogP) is 4.69. The van der Waals surface area contributed by atoms with Gasteiger partial charge in [-0.1, -0.05) is 29.3 Å². The lowest BCUT2D eigenvalue weighted by molar-refractivity contribution is 0.590. The minimum atomic E-state index is 0.726. The van der Waals surface area contributed by atoms with Crippen LogP contribution in [0.4, 0.5) is 0 Å². The molecule has 1 aromatic carbocycles. The van der Waals surface area contributed by atoms with Gasteiger partial charge in [0.05, 0.1) is 11.9 Å². The molecule has 23 heavy (non-hydrogen) atoms. The SMILES string of the molecule is N=c1c2c(n(Cc3c(Cl)cccc3Cl)c3c1CCC3)CCCC2. The molecule has 0 saturated heterocycles. The Morgan fingerprint density at radius 2 is 1.43 bits per heavy atom. The van der Waals surface area contributed by atoms with E-state index < -0.39 is 0 Å². The predicted molar refractivity (Wildman–Crippen MR) is 94.5 cm³/mol. The average Bonchev–Trinajstić information content (AvgIpc) is 3.04. The van der Waals surface area contributed by atoms with Crippen molar-refractivity contribution < 1.29 is 0 Å². The number of benzene rings is 1. The number of rotatable bonds is 2. The summed E-state index contributed by atoms with van der Waals surface area (Å²) < 4.78 is 2.43. The summed E-state index contributed by atoms with van der Waals surface area (Å²) in [5.74, 6) is 0. The van der Waals surface area contributed by atoms with Crippen LogP contribution in [0.15, 0.2) is 18.2 Å². The molecule has 0 bridgehead atoms. The highest BCUT2D eigenvalue weighted by Gasteiger charge is 2.25. The molecule has 0 aliphatic heterocycles. The first-order valence-electron chi connectivity index (χ1n) is 8.40. The molecule has 0 amide bonds. The van der Waals surface area contributed by atoms with E-state index >= 15 is 0 Å². The van der Waals surface area contributed by atoms with Gasteiger partial charge < -0.3 is 9.98 Å². The molecule has 0 fully saturated rings.